The summed E-state index contributed by atoms with van der Waals surface area (Å²) < 4.78 is 37.5. The maximum Gasteiger partial charge on any atom is 0.337 e. The second-order valence-corrected chi connectivity index (χ2v) is 10.4. The normalized spacial score (nSPS) is 11.2. The van der Waals surface area contributed by atoms with Gasteiger partial charge < -0.3 is 14.8 Å². The zero-order valence-corrected chi connectivity index (χ0v) is 21.4. The zero-order chi connectivity index (χ0) is 26.6. The molecule has 0 saturated heterocycles. The molecule has 0 spiro atoms. The quantitative estimate of drug-likeness (QED) is 0.198. The number of nitrogens with zero attached hydrogens (tertiary/aromatic N) is 1. The molecule has 1 aromatic heterocycles. The van der Waals surface area contributed by atoms with Crippen LogP contribution >= 0.6 is 11.8 Å². The first-order chi connectivity index (χ1) is 17.7. The van der Waals surface area contributed by atoms with Crippen LogP contribution < -0.4 is 9.29 Å². The first-order valence-corrected chi connectivity index (χ1v) is 13.2. The minimum atomic E-state index is -3.97. The summed E-state index contributed by atoms with van der Waals surface area (Å²) in [6.07, 6.45) is 0. The molecular formula is C25H22N3O7S2+. The molecule has 0 radical (unpaired) electrons. The highest BCUT2D eigenvalue weighted by Gasteiger charge is 2.32. The van der Waals surface area contributed by atoms with Crippen LogP contribution in [0.15, 0.2) is 82.8 Å². The number of esters is 2. The minimum absolute atomic E-state index is 0.0516. The van der Waals surface area contributed by atoms with Crippen LogP contribution in [0.2, 0.25) is 0 Å². The number of carbonyl (C=O) groups excluding carboxylic acids is 3. The average molecular weight is 541 g/mol. The van der Waals surface area contributed by atoms with Crippen LogP contribution in [0.1, 0.15) is 20.7 Å². The van der Waals surface area contributed by atoms with Gasteiger partial charge in [0.1, 0.15) is 4.90 Å². The van der Waals surface area contributed by atoms with Crippen molar-refractivity contribution in [1.29, 1.82) is 0 Å². The molecule has 0 aliphatic rings. The van der Waals surface area contributed by atoms with Gasteiger partial charge in [0, 0.05) is 5.69 Å². The molecule has 0 unspecified atom stereocenters. The summed E-state index contributed by atoms with van der Waals surface area (Å²) in [6.45, 7) is 0. The summed E-state index contributed by atoms with van der Waals surface area (Å²) in [5, 5.41) is 2.86. The molecule has 2 N–H and O–H groups in total. The molecule has 190 valence electrons. The van der Waals surface area contributed by atoms with E-state index in [0.717, 1.165) is 11.8 Å². The van der Waals surface area contributed by atoms with Crippen LogP contribution in [-0.2, 0) is 24.3 Å². The minimum Gasteiger partial charge on any atom is -0.465 e. The molecule has 10 nitrogen and oxygen atoms in total. The van der Waals surface area contributed by atoms with E-state index >= 15 is 0 Å². The van der Waals surface area contributed by atoms with Crippen LogP contribution in [0.4, 0.5) is 5.69 Å². The number of aromatic amines is 1. The number of benzene rings is 3. The predicted octanol–water partition coefficient (Wildman–Crippen LogP) is 3.00. The number of thioether (sulfide) groups is 1. The van der Waals surface area contributed by atoms with Gasteiger partial charge >= 0.3 is 27.1 Å². The van der Waals surface area contributed by atoms with Crippen molar-refractivity contribution in [2.45, 2.75) is 10.1 Å². The fourth-order valence-corrected chi connectivity index (χ4v) is 6.15. The van der Waals surface area contributed by atoms with E-state index in [1.165, 1.54) is 48.5 Å². The number of imidazole rings is 1. The topological polar surface area (TPSA) is 136 Å². The summed E-state index contributed by atoms with van der Waals surface area (Å²) in [6, 6.07) is 18.9. The lowest BCUT2D eigenvalue weighted by molar-refractivity contribution is -0.526. The van der Waals surface area contributed by atoms with Crippen molar-refractivity contribution in [2.24, 2.45) is 0 Å². The van der Waals surface area contributed by atoms with E-state index in [2.05, 4.69) is 10.3 Å². The number of H-pyrrole nitrogens is 1. The Labute approximate surface area is 216 Å². The van der Waals surface area contributed by atoms with Gasteiger partial charge in [0.2, 0.25) is 5.91 Å². The molecule has 0 aliphatic carbocycles. The van der Waals surface area contributed by atoms with E-state index in [9.17, 15) is 22.8 Å². The van der Waals surface area contributed by atoms with Crippen molar-refractivity contribution in [1.82, 2.24) is 4.98 Å². The fourth-order valence-electron chi connectivity index (χ4n) is 3.57. The molecule has 0 bridgehead atoms. The number of nitrogens with one attached hydrogen (secondary N) is 2. The standard InChI is InChI=1S/C25H21N3O7S2/c1-34-23(30)16-12-17(24(31)35-2)14-18(13-16)26-22(29)15-36-25-27-20-10-6-7-11-21(20)28(25)37(32,33)19-8-4-3-5-9-19/h3-14H,15H2,1-2H3,(H,26,29)/p+1. The Kier molecular flexibility index (Phi) is 7.60. The van der Waals surface area contributed by atoms with E-state index in [1.807, 2.05) is 0 Å². The molecule has 1 amide bonds. The van der Waals surface area contributed by atoms with Crippen molar-refractivity contribution in [2.75, 3.05) is 25.3 Å². The number of aromatic nitrogens is 2. The van der Waals surface area contributed by atoms with Gasteiger partial charge in [0.15, 0.2) is 11.0 Å². The van der Waals surface area contributed by atoms with Gasteiger partial charge in [-0.25, -0.2) is 14.6 Å². The lowest BCUT2D eigenvalue weighted by Gasteiger charge is -2.09. The van der Waals surface area contributed by atoms with Gasteiger partial charge in [0.25, 0.3) is 0 Å². The van der Waals surface area contributed by atoms with E-state index in [4.69, 9.17) is 9.47 Å². The molecular weight excluding hydrogens is 518 g/mol. The van der Waals surface area contributed by atoms with Gasteiger partial charge in [-0.3, -0.25) is 4.79 Å². The third kappa shape index (κ3) is 5.49. The van der Waals surface area contributed by atoms with E-state index in [0.29, 0.717) is 11.0 Å². The lowest BCUT2D eigenvalue weighted by Crippen LogP contribution is -2.44. The highest BCUT2D eigenvalue weighted by Crippen LogP contribution is 2.22. The Bertz CT molecular complexity index is 1570. The summed E-state index contributed by atoms with van der Waals surface area (Å²) in [5.41, 5.74) is 1.29. The molecule has 3 aromatic carbocycles. The maximum absolute atomic E-state index is 13.5. The average Bonchev–Trinajstić information content (AvgIpc) is 3.30. The highest BCUT2D eigenvalue weighted by atomic mass is 32.2. The molecule has 0 aliphatic heterocycles. The van der Waals surface area contributed by atoms with Gasteiger partial charge in [-0.1, -0.05) is 30.3 Å². The Hall–Kier alpha value is -4.16. The lowest BCUT2D eigenvalue weighted by atomic mass is 10.1. The first-order valence-electron chi connectivity index (χ1n) is 10.8. The summed E-state index contributed by atoms with van der Waals surface area (Å²) in [4.78, 5) is 40.0. The Balaban J connectivity index is 1.61. The molecule has 4 rings (SSSR count). The summed E-state index contributed by atoms with van der Waals surface area (Å²) in [7, 11) is -1.57. The molecule has 1 heterocycles. The molecule has 12 heteroatoms. The van der Waals surface area contributed by atoms with E-state index < -0.39 is 27.9 Å². The Morgan fingerprint density at radius 2 is 1.49 bits per heavy atom. The second kappa shape index (κ2) is 10.8. The molecule has 0 saturated carbocycles. The number of anilines is 1. The van der Waals surface area contributed by atoms with Crippen molar-refractivity contribution in [3.63, 3.8) is 0 Å². The Morgan fingerprint density at radius 3 is 2.11 bits per heavy atom. The van der Waals surface area contributed by atoms with Crippen LogP contribution in [0.3, 0.4) is 0 Å². The number of amides is 1. The number of hydrogen-bond acceptors (Lipinski definition) is 8. The van der Waals surface area contributed by atoms with Gasteiger partial charge in [-0.2, -0.15) is 8.42 Å². The molecule has 0 fully saturated rings. The van der Waals surface area contributed by atoms with Gasteiger partial charge in [-0.05, 0) is 54.2 Å². The Morgan fingerprint density at radius 1 is 0.892 bits per heavy atom. The SMILES string of the molecule is COC(=O)c1cc(NC(=O)CSc2[nH]c3ccccc3[n+]2S(=O)(=O)c2ccccc2)cc(C(=O)OC)c1. The monoisotopic (exact) mass is 540 g/mol. The van der Waals surface area contributed by atoms with E-state index in [1.54, 1.807) is 42.5 Å². The third-order valence-electron chi connectivity index (χ3n) is 5.23. The second-order valence-electron chi connectivity index (χ2n) is 7.65. The summed E-state index contributed by atoms with van der Waals surface area (Å²) >= 11 is 0.985. The van der Waals surface area contributed by atoms with E-state index in [-0.39, 0.29) is 32.6 Å². The highest BCUT2D eigenvalue weighted by molar-refractivity contribution is 8.00. The number of carbonyl (C=O) groups is 3. The number of para-hydroxylation sites is 2. The molecule has 37 heavy (non-hydrogen) atoms. The van der Waals surface area contributed by atoms with Gasteiger partial charge in [-0.15, -0.1) is 3.97 Å². The largest absolute Gasteiger partial charge is 0.465 e. The van der Waals surface area contributed by atoms with Crippen LogP contribution in [0, 0.1) is 0 Å². The van der Waals surface area contributed by atoms with Crippen molar-refractivity contribution >= 4 is 56.4 Å². The third-order valence-corrected chi connectivity index (χ3v) is 8.04. The van der Waals surface area contributed by atoms with Crippen LogP contribution in [0.5, 0.6) is 0 Å². The predicted molar refractivity (Wildman–Crippen MR) is 136 cm³/mol. The number of methoxy groups -OCH3 is 2. The van der Waals surface area contributed by atoms with Crippen LogP contribution in [-0.4, -0.2) is 51.2 Å². The van der Waals surface area contributed by atoms with Crippen molar-refractivity contribution < 1.29 is 36.2 Å². The first kappa shape index (κ1) is 25.9. The molecule has 4 aromatic rings. The molecule has 0 atom stereocenters. The number of ether oxygens (including phenoxy) is 2. The number of fused-ring (bicyclic) bond motifs is 1. The maximum atomic E-state index is 13.5. The number of rotatable bonds is 8. The van der Waals surface area contributed by atoms with Crippen molar-refractivity contribution in [3.05, 3.63) is 83.9 Å². The number of hydrogen-bond donors (Lipinski definition) is 2. The smallest absolute Gasteiger partial charge is 0.337 e. The van der Waals surface area contributed by atoms with Crippen molar-refractivity contribution in [3.8, 4) is 0 Å². The zero-order valence-electron chi connectivity index (χ0n) is 19.8. The van der Waals surface area contributed by atoms with Gasteiger partial charge in [0.05, 0.1) is 31.1 Å². The summed E-state index contributed by atoms with van der Waals surface area (Å²) in [5.74, 6) is -2.06. The fraction of sp³-hybridized carbons (Fsp3) is 0.120. The van der Waals surface area contributed by atoms with Crippen LogP contribution in [0.25, 0.3) is 11.0 Å².